The zero-order valence-corrected chi connectivity index (χ0v) is 7.27. The summed E-state index contributed by atoms with van der Waals surface area (Å²) < 4.78 is 5.36. The van der Waals surface area contributed by atoms with Crippen LogP contribution in [0.4, 0.5) is 0 Å². The molecule has 1 aliphatic heterocycles. The molecule has 11 heavy (non-hydrogen) atoms. The monoisotopic (exact) mass is 175 g/mol. The van der Waals surface area contributed by atoms with Gasteiger partial charge in [0.05, 0.1) is 12.1 Å². The first-order valence-electron chi connectivity index (χ1n) is 3.68. The Morgan fingerprint density at radius 1 is 1.55 bits per heavy atom. The Balaban J connectivity index is 0.000001000. The van der Waals surface area contributed by atoms with Gasteiger partial charge in [-0.25, -0.2) is 0 Å². The van der Waals surface area contributed by atoms with Crippen LogP contribution in [-0.4, -0.2) is 18.8 Å². The third-order valence-corrected chi connectivity index (χ3v) is 1.81. The molecule has 2 nitrogen and oxygen atoms in total. The van der Waals surface area contributed by atoms with Crippen molar-refractivity contribution in [3.05, 3.63) is 0 Å². The summed E-state index contributed by atoms with van der Waals surface area (Å²) in [7, 11) is 0. The molecule has 1 aliphatic rings. The zero-order valence-electron chi connectivity index (χ0n) is 6.45. The second-order valence-corrected chi connectivity index (χ2v) is 2.60. The van der Waals surface area contributed by atoms with Crippen molar-refractivity contribution in [3.8, 4) is 12.3 Å². The molecule has 0 amide bonds. The fraction of sp³-hybridized carbons (Fsp3) is 0.750. The van der Waals surface area contributed by atoms with E-state index in [0.29, 0.717) is 0 Å². The number of terminal acetylenes is 1. The fourth-order valence-corrected chi connectivity index (χ4v) is 1.16. The lowest BCUT2D eigenvalue weighted by molar-refractivity contribution is 0.0108. The Bertz CT molecular complexity index is 138. The van der Waals surface area contributed by atoms with Gasteiger partial charge in [0.1, 0.15) is 0 Å². The van der Waals surface area contributed by atoms with Crippen LogP contribution < -0.4 is 5.73 Å². The molecule has 2 unspecified atom stereocenters. The lowest BCUT2D eigenvalue weighted by Gasteiger charge is -2.24. The van der Waals surface area contributed by atoms with Gasteiger partial charge in [0.15, 0.2) is 0 Å². The van der Waals surface area contributed by atoms with Crippen LogP contribution in [0.15, 0.2) is 0 Å². The third-order valence-electron chi connectivity index (χ3n) is 1.81. The summed E-state index contributed by atoms with van der Waals surface area (Å²) in [6.07, 6.45) is 8.62. The van der Waals surface area contributed by atoms with Gasteiger partial charge < -0.3 is 10.5 Å². The molecule has 1 fully saturated rings. The highest BCUT2D eigenvalue weighted by Crippen LogP contribution is 2.14. The minimum atomic E-state index is -0.208. The van der Waals surface area contributed by atoms with E-state index in [0.717, 1.165) is 19.4 Å². The number of hydrogen-bond donors (Lipinski definition) is 1. The maximum absolute atomic E-state index is 5.59. The summed E-state index contributed by atoms with van der Waals surface area (Å²) in [5.41, 5.74) is 5.59. The second-order valence-electron chi connectivity index (χ2n) is 2.60. The predicted molar refractivity (Wildman–Crippen MR) is 47.6 cm³/mol. The molecule has 1 saturated heterocycles. The van der Waals surface area contributed by atoms with E-state index in [4.69, 9.17) is 16.9 Å². The Morgan fingerprint density at radius 2 is 2.27 bits per heavy atom. The van der Waals surface area contributed by atoms with Crippen molar-refractivity contribution in [1.29, 1.82) is 0 Å². The number of nitrogens with two attached hydrogens (primary N) is 1. The van der Waals surface area contributed by atoms with E-state index in [1.807, 2.05) is 0 Å². The highest BCUT2D eigenvalue weighted by Gasteiger charge is 2.18. The van der Waals surface area contributed by atoms with Gasteiger partial charge in [-0.3, -0.25) is 0 Å². The van der Waals surface area contributed by atoms with Gasteiger partial charge in [0.2, 0.25) is 0 Å². The maximum Gasteiger partial charge on any atom is 0.0927 e. The SMILES string of the molecule is C#CC(N)C1CCCCO1.Cl. The summed E-state index contributed by atoms with van der Waals surface area (Å²) in [6.45, 7) is 0.819. The molecular formula is C8H14ClNO. The van der Waals surface area contributed by atoms with E-state index < -0.39 is 0 Å². The average molecular weight is 176 g/mol. The Kier molecular flexibility index (Phi) is 5.31. The highest BCUT2D eigenvalue weighted by molar-refractivity contribution is 5.85. The molecule has 64 valence electrons. The van der Waals surface area contributed by atoms with Gasteiger partial charge in [-0.15, -0.1) is 18.8 Å². The first kappa shape index (κ1) is 10.8. The van der Waals surface area contributed by atoms with E-state index in [1.54, 1.807) is 0 Å². The molecule has 3 heteroatoms. The minimum absolute atomic E-state index is 0. The summed E-state index contributed by atoms with van der Waals surface area (Å²) in [5.74, 6) is 2.49. The van der Waals surface area contributed by atoms with Crippen LogP contribution >= 0.6 is 12.4 Å². The van der Waals surface area contributed by atoms with Gasteiger partial charge in [0, 0.05) is 6.61 Å². The lowest BCUT2D eigenvalue weighted by atomic mass is 10.0. The van der Waals surface area contributed by atoms with Gasteiger partial charge in [0.25, 0.3) is 0 Å². The Labute approximate surface area is 73.9 Å². The lowest BCUT2D eigenvalue weighted by Crippen LogP contribution is -2.37. The maximum atomic E-state index is 5.59. The van der Waals surface area contributed by atoms with E-state index in [1.165, 1.54) is 6.42 Å². The van der Waals surface area contributed by atoms with Crippen molar-refractivity contribution in [2.24, 2.45) is 5.73 Å². The topological polar surface area (TPSA) is 35.2 Å². The summed E-state index contributed by atoms with van der Waals surface area (Å²) in [6, 6.07) is -0.208. The van der Waals surface area contributed by atoms with Crippen molar-refractivity contribution < 1.29 is 4.74 Å². The molecule has 0 aliphatic carbocycles. The van der Waals surface area contributed by atoms with E-state index in [2.05, 4.69) is 5.92 Å². The zero-order chi connectivity index (χ0) is 7.40. The van der Waals surface area contributed by atoms with Gasteiger partial charge in [-0.2, -0.15) is 0 Å². The number of rotatable bonds is 1. The quantitative estimate of drug-likeness (QED) is 0.602. The van der Waals surface area contributed by atoms with Crippen LogP contribution in [0, 0.1) is 12.3 Å². The van der Waals surface area contributed by atoms with E-state index >= 15 is 0 Å². The van der Waals surface area contributed by atoms with Gasteiger partial charge in [-0.1, -0.05) is 5.92 Å². The van der Waals surface area contributed by atoms with Crippen LogP contribution in [0.1, 0.15) is 19.3 Å². The molecule has 0 aromatic heterocycles. The molecule has 0 aromatic rings. The van der Waals surface area contributed by atoms with Gasteiger partial charge >= 0.3 is 0 Å². The highest BCUT2D eigenvalue weighted by atomic mass is 35.5. The normalized spacial score (nSPS) is 26.4. The van der Waals surface area contributed by atoms with Crippen molar-refractivity contribution in [3.63, 3.8) is 0 Å². The second kappa shape index (κ2) is 5.42. The first-order chi connectivity index (χ1) is 4.84. The van der Waals surface area contributed by atoms with Crippen LogP contribution in [0.25, 0.3) is 0 Å². The molecule has 1 heterocycles. The molecule has 0 bridgehead atoms. The summed E-state index contributed by atoms with van der Waals surface area (Å²) in [4.78, 5) is 0. The molecule has 1 rings (SSSR count). The average Bonchev–Trinajstić information content (AvgIpc) is 2.05. The van der Waals surface area contributed by atoms with Crippen molar-refractivity contribution in [2.45, 2.75) is 31.4 Å². The number of hydrogen-bond acceptors (Lipinski definition) is 2. The molecule has 0 saturated carbocycles. The molecule has 2 atom stereocenters. The third kappa shape index (κ3) is 3.11. The predicted octanol–water partition coefficient (Wildman–Crippen LogP) is 0.938. The standard InChI is InChI=1S/C8H13NO.ClH/c1-2-7(9)8-5-3-4-6-10-8;/h1,7-8H,3-6,9H2;1H. The van der Waals surface area contributed by atoms with Crippen molar-refractivity contribution >= 4 is 12.4 Å². The fourth-order valence-electron chi connectivity index (χ4n) is 1.16. The van der Waals surface area contributed by atoms with E-state index in [9.17, 15) is 0 Å². The summed E-state index contributed by atoms with van der Waals surface area (Å²) >= 11 is 0. The number of halogens is 1. The largest absolute Gasteiger partial charge is 0.376 e. The first-order valence-corrected chi connectivity index (χ1v) is 3.68. The smallest absolute Gasteiger partial charge is 0.0927 e. The molecule has 0 radical (unpaired) electrons. The van der Waals surface area contributed by atoms with E-state index in [-0.39, 0.29) is 24.6 Å². The van der Waals surface area contributed by atoms with Crippen LogP contribution in [-0.2, 0) is 4.74 Å². The van der Waals surface area contributed by atoms with Gasteiger partial charge in [-0.05, 0) is 19.3 Å². The Morgan fingerprint density at radius 3 is 2.73 bits per heavy atom. The minimum Gasteiger partial charge on any atom is -0.376 e. The molecular weight excluding hydrogens is 162 g/mol. The van der Waals surface area contributed by atoms with Crippen LogP contribution in [0.2, 0.25) is 0 Å². The van der Waals surface area contributed by atoms with Crippen LogP contribution in [0.5, 0.6) is 0 Å². The number of ether oxygens (including phenoxy) is 1. The van der Waals surface area contributed by atoms with Crippen molar-refractivity contribution in [1.82, 2.24) is 0 Å². The van der Waals surface area contributed by atoms with Crippen molar-refractivity contribution in [2.75, 3.05) is 6.61 Å². The molecule has 0 aromatic carbocycles. The van der Waals surface area contributed by atoms with Crippen LogP contribution in [0.3, 0.4) is 0 Å². The Hall–Kier alpha value is -0.230. The molecule has 2 N–H and O–H groups in total. The summed E-state index contributed by atoms with van der Waals surface area (Å²) in [5, 5.41) is 0. The molecule has 0 spiro atoms.